The fraction of sp³-hybridized carbons (Fsp3) is 0.278. The van der Waals surface area contributed by atoms with E-state index >= 15 is 0 Å². The zero-order valence-corrected chi connectivity index (χ0v) is 14.9. The van der Waals surface area contributed by atoms with Crippen molar-refractivity contribution in [3.8, 4) is 0 Å². The van der Waals surface area contributed by atoms with E-state index in [4.69, 9.17) is 0 Å². The lowest BCUT2D eigenvalue weighted by molar-refractivity contribution is -0.143. The van der Waals surface area contributed by atoms with Crippen LogP contribution >= 0.6 is 0 Å². The average molecular weight is 419 g/mol. The van der Waals surface area contributed by atoms with Crippen molar-refractivity contribution >= 4 is 17.6 Å². The summed E-state index contributed by atoms with van der Waals surface area (Å²) in [7, 11) is 0. The van der Waals surface area contributed by atoms with Crippen LogP contribution in [0.15, 0.2) is 36.4 Å². The summed E-state index contributed by atoms with van der Waals surface area (Å²) in [4.78, 5) is 27.8. The van der Waals surface area contributed by atoms with Gasteiger partial charge < -0.3 is 10.6 Å². The van der Waals surface area contributed by atoms with Gasteiger partial charge in [-0.1, -0.05) is 6.07 Å². The Kier molecular flexibility index (Phi) is 6.50. The van der Waals surface area contributed by atoms with Crippen LogP contribution in [0.3, 0.4) is 0 Å². The zero-order chi connectivity index (χ0) is 21.8. The van der Waals surface area contributed by atoms with Gasteiger partial charge in [-0.2, -0.15) is 26.3 Å². The first-order chi connectivity index (χ1) is 13.4. The number of rotatable bonds is 5. The number of amides is 2. The van der Waals surface area contributed by atoms with Crippen molar-refractivity contribution in [3.63, 3.8) is 0 Å². The molecule has 0 aliphatic heterocycles. The molecule has 0 saturated carbocycles. The molecular formula is C18H15F6N3O2. The van der Waals surface area contributed by atoms with E-state index in [1.165, 1.54) is 6.07 Å². The van der Waals surface area contributed by atoms with E-state index in [-0.39, 0.29) is 24.8 Å². The molecule has 1 aromatic heterocycles. The predicted molar refractivity (Wildman–Crippen MR) is 91.0 cm³/mol. The minimum Gasteiger partial charge on any atom is -0.352 e. The molecule has 0 spiro atoms. The number of hydrogen-bond donors (Lipinski definition) is 2. The molecule has 5 nitrogen and oxygen atoms in total. The standard InChI is InChI=1S/C18H15F6N3O2/c1-10-3-2-4-14(26-10)27-15(28)5-6-25-16(29)11-7-12(17(19,20)21)9-13(8-11)18(22,23)24/h2-4,7-9H,5-6H2,1H3,(H,25,29)(H,26,27,28). The second kappa shape index (κ2) is 8.50. The molecule has 11 heteroatoms. The summed E-state index contributed by atoms with van der Waals surface area (Å²) in [5.74, 6) is -1.43. The smallest absolute Gasteiger partial charge is 0.352 e. The summed E-state index contributed by atoms with van der Waals surface area (Å²) in [6.07, 6.45) is -10.4. The minimum atomic E-state index is -5.06. The summed E-state index contributed by atoms with van der Waals surface area (Å²) < 4.78 is 77.0. The average Bonchev–Trinajstić information content (AvgIpc) is 2.59. The molecule has 2 amide bonds. The summed E-state index contributed by atoms with van der Waals surface area (Å²) >= 11 is 0. The number of aryl methyl sites for hydroxylation is 1. The van der Waals surface area contributed by atoms with Gasteiger partial charge in [0, 0.05) is 24.2 Å². The van der Waals surface area contributed by atoms with Gasteiger partial charge >= 0.3 is 12.4 Å². The second-order valence-corrected chi connectivity index (χ2v) is 6.01. The number of pyridine rings is 1. The Morgan fingerprint density at radius 1 is 0.966 bits per heavy atom. The first-order valence-electron chi connectivity index (χ1n) is 8.17. The van der Waals surface area contributed by atoms with Crippen molar-refractivity contribution < 1.29 is 35.9 Å². The van der Waals surface area contributed by atoms with Crippen molar-refractivity contribution in [2.75, 3.05) is 11.9 Å². The Balaban J connectivity index is 2.03. The molecule has 0 bridgehead atoms. The maximum atomic E-state index is 12.8. The van der Waals surface area contributed by atoms with Crippen LogP contribution in [0.4, 0.5) is 32.2 Å². The molecule has 1 heterocycles. The summed E-state index contributed by atoms with van der Waals surface area (Å²) in [6, 6.07) is 5.47. The van der Waals surface area contributed by atoms with Crippen LogP contribution in [-0.4, -0.2) is 23.3 Å². The van der Waals surface area contributed by atoms with E-state index in [9.17, 15) is 35.9 Å². The second-order valence-electron chi connectivity index (χ2n) is 6.01. The van der Waals surface area contributed by atoms with E-state index < -0.39 is 40.9 Å². The quantitative estimate of drug-likeness (QED) is 0.715. The fourth-order valence-electron chi connectivity index (χ4n) is 2.30. The van der Waals surface area contributed by atoms with E-state index in [0.717, 1.165) is 0 Å². The highest BCUT2D eigenvalue weighted by molar-refractivity contribution is 5.95. The monoisotopic (exact) mass is 419 g/mol. The molecule has 0 atom stereocenters. The van der Waals surface area contributed by atoms with E-state index in [0.29, 0.717) is 17.8 Å². The van der Waals surface area contributed by atoms with Gasteiger partial charge in [0.1, 0.15) is 5.82 Å². The molecule has 2 N–H and O–H groups in total. The van der Waals surface area contributed by atoms with Crippen molar-refractivity contribution in [2.45, 2.75) is 25.7 Å². The summed E-state index contributed by atoms with van der Waals surface area (Å²) in [5, 5.41) is 4.58. The van der Waals surface area contributed by atoms with Crippen LogP contribution in [0.25, 0.3) is 0 Å². The molecule has 0 aliphatic rings. The molecule has 0 unspecified atom stereocenters. The summed E-state index contributed by atoms with van der Waals surface area (Å²) in [5.41, 5.74) is -3.35. The Labute approximate surface area is 161 Å². The molecule has 156 valence electrons. The third-order valence-corrected chi connectivity index (χ3v) is 3.64. The number of carbonyl (C=O) groups is 2. The molecule has 0 fully saturated rings. The Hall–Kier alpha value is -3.11. The minimum absolute atomic E-state index is 0.0704. The van der Waals surface area contributed by atoms with Crippen LogP contribution in [0.2, 0.25) is 0 Å². The number of nitrogens with zero attached hydrogens (tertiary/aromatic N) is 1. The normalized spacial score (nSPS) is 11.8. The molecule has 0 aliphatic carbocycles. The van der Waals surface area contributed by atoms with Crippen LogP contribution in [0, 0.1) is 6.92 Å². The molecule has 2 rings (SSSR count). The Bertz CT molecular complexity index is 877. The van der Waals surface area contributed by atoms with Crippen molar-refractivity contribution in [1.29, 1.82) is 0 Å². The zero-order valence-electron chi connectivity index (χ0n) is 14.9. The lowest BCUT2D eigenvalue weighted by atomic mass is 10.0. The van der Waals surface area contributed by atoms with Gasteiger partial charge in [0.05, 0.1) is 11.1 Å². The molecule has 0 saturated heterocycles. The maximum Gasteiger partial charge on any atom is 0.416 e. The van der Waals surface area contributed by atoms with Crippen LogP contribution < -0.4 is 10.6 Å². The van der Waals surface area contributed by atoms with Crippen molar-refractivity contribution in [3.05, 3.63) is 58.8 Å². The number of alkyl halides is 6. The van der Waals surface area contributed by atoms with Gasteiger partial charge in [0.15, 0.2) is 0 Å². The van der Waals surface area contributed by atoms with Gasteiger partial charge in [-0.15, -0.1) is 0 Å². The highest BCUT2D eigenvalue weighted by Crippen LogP contribution is 2.36. The number of halogens is 6. The van der Waals surface area contributed by atoms with Gasteiger partial charge in [-0.3, -0.25) is 9.59 Å². The molecule has 0 radical (unpaired) electrons. The van der Waals surface area contributed by atoms with Crippen LogP contribution in [-0.2, 0) is 17.1 Å². The topological polar surface area (TPSA) is 71.1 Å². The van der Waals surface area contributed by atoms with Crippen molar-refractivity contribution in [2.24, 2.45) is 0 Å². The predicted octanol–water partition coefficient (Wildman–Crippen LogP) is 4.19. The largest absolute Gasteiger partial charge is 0.416 e. The number of anilines is 1. The number of benzene rings is 1. The Morgan fingerprint density at radius 2 is 1.55 bits per heavy atom. The summed E-state index contributed by atoms with van der Waals surface area (Å²) in [6.45, 7) is 1.41. The third-order valence-electron chi connectivity index (χ3n) is 3.64. The first kappa shape index (κ1) is 22.2. The van der Waals surface area contributed by atoms with E-state index in [1.54, 1.807) is 19.1 Å². The maximum absolute atomic E-state index is 12.8. The highest BCUT2D eigenvalue weighted by atomic mass is 19.4. The number of hydrogen-bond acceptors (Lipinski definition) is 3. The van der Waals surface area contributed by atoms with Gasteiger partial charge in [0.25, 0.3) is 5.91 Å². The van der Waals surface area contributed by atoms with Gasteiger partial charge in [0.2, 0.25) is 5.91 Å². The lowest BCUT2D eigenvalue weighted by Gasteiger charge is -2.14. The third kappa shape index (κ3) is 6.47. The number of aromatic nitrogens is 1. The first-order valence-corrected chi connectivity index (χ1v) is 8.17. The van der Waals surface area contributed by atoms with E-state index in [1.807, 2.05) is 0 Å². The molecule has 2 aromatic rings. The van der Waals surface area contributed by atoms with Gasteiger partial charge in [-0.05, 0) is 37.3 Å². The molecule has 1 aromatic carbocycles. The van der Waals surface area contributed by atoms with Crippen LogP contribution in [0.1, 0.15) is 33.6 Å². The molecular weight excluding hydrogens is 404 g/mol. The number of carbonyl (C=O) groups excluding carboxylic acids is 2. The van der Waals surface area contributed by atoms with Crippen LogP contribution in [0.5, 0.6) is 0 Å². The fourth-order valence-corrected chi connectivity index (χ4v) is 2.30. The van der Waals surface area contributed by atoms with E-state index in [2.05, 4.69) is 15.6 Å². The highest BCUT2D eigenvalue weighted by Gasteiger charge is 2.37. The SMILES string of the molecule is Cc1cccc(NC(=O)CCNC(=O)c2cc(C(F)(F)F)cc(C(F)(F)F)c2)n1. The molecule has 29 heavy (non-hydrogen) atoms. The number of nitrogens with one attached hydrogen (secondary N) is 2. The van der Waals surface area contributed by atoms with Crippen molar-refractivity contribution in [1.82, 2.24) is 10.3 Å². The Morgan fingerprint density at radius 3 is 2.07 bits per heavy atom. The lowest BCUT2D eigenvalue weighted by Crippen LogP contribution is -2.28. The van der Waals surface area contributed by atoms with Gasteiger partial charge in [-0.25, -0.2) is 4.98 Å².